The highest BCUT2D eigenvalue weighted by Gasteiger charge is 2.17. The van der Waals surface area contributed by atoms with Gasteiger partial charge in [-0.3, -0.25) is 9.59 Å². The zero-order valence-electron chi connectivity index (χ0n) is 13.6. The molecule has 1 aromatic carbocycles. The molecule has 0 spiro atoms. The topological polar surface area (TPSA) is 84.2 Å². The minimum Gasteiger partial charge on any atom is -0.359 e. The third-order valence-electron chi connectivity index (χ3n) is 3.38. The van der Waals surface area contributed by atoms with E-state index in [1.807, 2.05) is 38.1 Å². The molecule has 0 aliphatic heterocycles. The van der Waals surface area contributed by atoms with Gasteiger partial charge in [0.1, 0.15) is 0 Å². The molecule has 1 atom stereocenters. The van der Waals surface area contributed by atoms with Crippen molar-refractivity contribution in [1.29, 1.82) is 0 Å². The summed E-state index contributed by atoms with van der Waals surface area (Å²) in [5.74, 6) is 0.259. The lowest BCUT2D eigenvalue weighted by molar-refractivity contribution is -0.123. The normalized spacial score (nSPS) is 11.8. The number of nitrogens with zero attached hydrogens (tertiary/aromatic N) is 1. The van der Waals surface area contributed by atoms with Gasteiger partial charge in [-0.1, -0.05) is 35.0 Å². The van der Waals surface area contributed by atoms with Crippen LogP contribution >= 0.6 is 0 Å². The average Bonchev–Trinajstić information content (AvgIpc) is 2.90. The third kappa shape index (κ3) is 5.25. The molecular weight excluding hydrogens is 294 g/mol. The van der Waals surface area contributed by atoms with E-state index < -0.39 is 0 Å². The van der Waals surface area contributed by atoms with Gasteiger partial charge in [0.15, 0.2) is 5.76 Å². The van der Waals surface area contributed by atoms with Crippen molar-refractivity contribution in [3.8, 4) is 0 Å². The molecule has 6 heteroatoms. The van der Waals surface area contributed by atoms with Crippen LogP contribution in [0.3, 0.4) is 0 Å². The third-order valence-corrected chi connectivity index (χ3v) is 3.38. The molecule has 23 heavy (non-hydrogen) atoms. The molecule has 0 fully saturated rings. The fourth-order valence-electron chi connectivity index (χ4n) is 2.24. The molecule has 0 aliphatic carbocycles. The summed E-state index contributed by atoms with van der Waals surface area (Å²) in [6.45, 7) is 5.53. The molecule has 6 nitrogen and oxygen atoms in total. The van der Waals surface area contributed by atoms with Crippen LogP contribution in [0.4, 0.5) is 0 Å². The van der Waals surface area contributed by atoms with Gasteiger partial charge in [-0.15, -0.1) is 0 Å². The SMILES string of the molecule is CC(=O)N[C@H](CC(=O)NCc1cc(C)no1)c1ccc(C)cc1. The van der Waals surface area contributed by atoms with Crippen molar-refractivity contribution in [2.75, 3.05) is 0 Å². The number of benzene rings is 1. The second kappa shape index (κ2) is 7.58. The van der Waals surface area contributed by atoms with Crippen LogP contribution in [0.5, 0.6) is 0 Å². The fourth-order valence-corrected chi connectivity index (χ4v) is 2.24. The number of carbonyl (C=O) groups is 2. The number of hydrogen-bond acceptors (Lipinski definition) is 4. The smallest absolute Gasteiger partial charge is 0.222 e. The fraction of sp³-hybridized carbons (Fsp3) is 0.353. The second-order valence-corrected chi connectivity index (χ2v) is 5.58. The number of aryl methyl sites for hydroxylation is 2. The number of carbonyl (C=O) groups excluding carboxylic acids is 2. The summed E-state index contributed by atoms with van der Waals surface area (Å²) in [6.07, 6.45) is 0.162. The number of aromatic nitrogens is 1. The van der Waals surface area contributed by atoms with E-state index in [9.17, 15) is 9.59 Å². The summed E-state index contributed by atoms with van der Waals surface area (Å²) in [5.41, 5.74) is 2.79. The predicted octanol–water partition coefficient (Wildman–Crippen LogP) is 2.18. The summed E-state index contributed by atoms with van der Waals surface area (Å²) >= 11 is 0. The highest BCUT2D eigenvalue weighted by atomic mass is 16.5. The standard InChI is InChI=1S/C17H21N3O3/c1-11-4-6-14(7-5-11)16(19-13(3)21)9-17(22)18-10-15-8-12(2)20-23-15/h4-8,16H,9-10H2,1-3H3,(H,18,22)(H,19,21)/t16-/m1/s1. The van der Waals surface area contributed by atoms with Crippen LogP contribution in [0.25, 0.3) is 0 Å². The van der Waals surface area contributed by atoms with Gasteiger partial charge >= 0.3 is 0 Å². The Hall–Kier alpha value is -2.63. The van der Waals surface area contributed by atoms with E-state index in [-0.39, 0.29) is 30.8 Å². The van der Waals surface area contributed by atoms with Gasteiger partial charge in [0, 0.05) is 13.0 Å². The average molecular weight is 315 g/mol. The van der Waals surface area contributed by atoms with Crippen molar-refractivity contribution in [2.45, 2.75) is 39.8 Å². The number of rotatable bonds is 6. The zero-order chi connectivity index (χ0) is 16.8. The number of amides is 2. The quantitative estimate of drug-likeness (QED) is 0.855. The van der Waals surface area contributed by atoms with E-state index in [1.165, 1.54) is 6.92 Å². The van der Waals surface area contributed by atoms with Gasteiger partial charge in [-0.2, -0.15) is 0 Å². The van der Waals surface area contributed by atoms with Crippen molar-refractivity contribution in [2.24, 2.45) is 0 Å². The maximum absolute atomic E-state index is 12.1. The van der Waals surface area contributed by atoms with Crippen LogP contribution in [0.15, 0.2) is 34.9 Å². The van der Waals surface area contributed by atoms with E-state index >= 15 is 0 Å². The first-order chi connectivity index (χ1) is 10.9. The number of hydrogen-bond donors (Lipinski definition) is 2. The van der Waals surface area contributed by atoms with Crippen LogP contribution in [0.2, 0.25) is 0 Å². The summed E-state index contributed by atoms with van der Waals surface area (Å²) in [5, 5.41) is 9.35. The molecule has 0 bridgehead atoms. The lowest BCUT2D eigenvalue weighted by Crippen LogP contribution is -2.32. The van der Waals surface area contributed by atoms with Gasteiger partial charge < -0.3 is 15.2 Å². The first-order valence-electron chi connectivity index (χ1n) is 7.46. The highest BCUT2D eigenvalue weighted by molar-refractivity contribution is 5.79. The van der Waals surface area contributed by atoms with E-state index in [2.05, 4.69) is 15.8 Å². The van der Waals surface area contributed by atoms with Gasteiger partial charge in [-0.05, 0) is 19.4 Å². The monoisotopic (exact) mass is 315 g/mol. The van der Waals surface area contributed by atoms with E-state index in [0.717, 1.165) is 16.8 Å². The molecule has 2 amide bonds. The first-order valence-corrected chi connectivity index (χ1v) is 7.46. The molecule has 2 aromatic rings. The second-order valence-electron chi connectivity index (χ2n) is 5.58. The molecule has 1 aromatic heterocycles. The van der Waals surface area contributed by atoms with Crippen molar-refractivity contribution >= 4 is 11.8 Å². The molecule has 0 saturated heterocycles. The first kappa shape index (κ1) is 16.7. The Bertz CT molecular complexity index is 677. The van der Waals surface area contributed by atoms with Crippen molar-refractivity contribution in [3.05, 3.63) is 52.9 Å². The Morgan fingerprint density at radius 1 is 1.22 bits per heavy atom. The Morgan fingerprint density at radius 3 is 2.48 bits per heavy atom. The van der Waals surface area contributed by atoms with E-state index in [0.29, 0.717) is 5.76 Å². The van der Waals surface area contributed by atoms with Crippen molar-refractivity contribution in [1.82, 2.24) is 15.8 Å². The summed E-state index contributed by atoms with van der Waals surface area (Å²) in [4.78, 5) is 23.5. The molecule has 2 rings (SSSR count). The molecule has 1 heterocycles. The van der Waals surface area contributed by atoms with Crippen molar-refractivity contribution < 1.29 is 14.1 Å². The molecular formula is C17H21N3O3. The maximum Gasteiger partial charge on any atom is 0.222 e. The minimum absolute atomic E-state index is 0.162. The largest absolute Gasteiger partial charge is 0.359 e. The Balaban J connectivity index is 1.97. The molecule has 0 aliphatic rings. The van der Waals surface area contributed by atoms with Gasteiger partial charge in [0.25, 0.3) is 0 Å². The zero-order valence-corrected chi connectivity index (χ0v) is 13.6. The molecule has 0 radical (unpaired) electrons. The minimum atomic E-state index is -0.357. The van der Waals surface area contributed by atoms with Gasteiger partial charge in [0.05, 0.1) is 24.7 Å². The van der Waals surface area contributed by atoms with Crippen LogP contribution in [-0.2, 0) is 16.1 Å². The van der Waals surface area contributed by atoms with Crippen LogP contribution < -0.4 is 10.6 Å². The molecule has 0 saturated carbocycles. The molecule has 122 valence electrons. The number of nitrogens with one attached hydrogen (secondary N) is 2. The highest BCUT2D eigenvalue weighted by Crippen LogP contribution is 2.17. The van der Waals surface area contributed by atoms with Crippen molar-refractivity contribution in [3.63, 3.8) is 0 Å². The lowest BCUT2D eigenvalue weighted by atomic mass is 10.0. The van der Waals surface area contributed by atoms with E-state index in [4.69, 9.17) is 4.52 Å². The van der Waals surface area contributed by atoms with Crippen LogP contribution in [0, 0.1) is 13.8 Å². The van der Waals surface area contributed by atoms with Crippen LogP contribution in [0.1, 0.15) is 42.0 Å². The van der Waals surface area contributed by atoms with Gasteiger partial charge in [0.2, 0.25) is 11.8 Å². The Labute approximate surface area is 135 Å². The van der Waals surface area contributed by atoms with Gasteiger partial charge in [-0.25, -0.2) is 0 Å². The predicted molar refractivity (Wildman–Crippen MR) is 85.4 cm³/mol. The van der Waals surface area contributed by atoms with Crippen LogP contribution in [-0.4, -0.2) is 17.0 Å². The lowest BCUT2D eigenvalue weighted by Gasteiger charge is -2.18. The van der Waals surface area contributed by atoms with E-state index in [1.54, 1.807) is 6.07 Å². The summed E-state index contributed by atoms with van der Waals surface area (Å²) in [7, 11) is 0. The molecule has 0 unspecified atom stereocenters. The molecule has 2 N–H and O–H groups in total. The summed E-state index contributed by atoms with van der Waals surface area (Å²) in [6, 6.07) is 9.17. The summed E-state index contributed by atoms with van der Waals surface area (Å²) < 4.78 is 5.05. The Morgan fingerprint density at radius 2 is 1.91 bits per heavy atom. The Kier molecular flexibility index (Phi) is 5.51. The maximum atomic E-state index is 12.1.